The quantitative estimate of drug-likeness (QED) is 0.721. The van der Waals surface area contributed by atoms with E-state index >= 15 is 0 Å². The van der Waals surface area contributed by atoms with Gasteiger partial charge in [0.05, 0.1) is 26.7 Å². The number of aromatic nitrogens is 2. The first-order chi connectivity index (χ1) is 13.0. The Morgan fingerprint density at radius 3 is 2.63 bits per heavy atom. The van der Waals surface area contributed by atoms with Crippen LogP contribution in [-0.2, 0) is 32.6 Å². The number of benzene rings is 1. The van der Waals surface area contributed by atoms with Crippen molar-refractivity contribution >= 4 is 15.9 Å². The van der Waals surface area contributed by atoms with Gasteiger partial charge in [0.15, 0.2) is 5.03 Å². The third-order valence-corrected chi connectivity index (χ3v) is 5.94. The SMILES string of the molecule is COc1ccc(CNC(=O)Cn2cnc(S(=O)(=O)N3CCOCC3)c2)cc1. The summed E-state index contributed by atoms with van der Waals surface area (Å²) in [6.45, 7) is 1.70. The number of ether oxygens (including phenoxy) is 2. The molecular weight excluding hydrogens is 372 g/mol. The van der Waals surface area contributed by atoms with Crippen LogP contribution >= 0.6 is 0 Å². The van der Waals surface area contributed by atoms with Crippen molar-refractivity contribution < 1.29 is 22.7 Å². The monoisotopic (exact) mass is 394 g/mol. The number of methoxy groups -OCH3 is 1. The van der Waals surface area contributed by atoms with Crippen molar-refractivity contribution in [2.24, 2.45) is 0 Å². The zero-order valence-electron chi connectivity index (χ0n) is 15.0. The fourth-order valence-electron chi connectivity index (χ4n) is 2.64. The van der Waals surface area contributed by atoms with E-state index in [-0.39, 0.29) is 17.5 Å². The summed E-state index contributed by atoms with van der Waals surface area (Å²) in [5.74, 6) is 0.510. The van der Waals surface area contributed by atoms with Gasteiger partial charge in [0.25, 0.3) is 10.0 Å². The van der Waals surface area contributed by atoms with Gasteiger partial charge in [-0.05, 0) is 17.7 Å². The van der Waals surface area contributed by atoms with Crippen molar-refractivity contribution in [1.82, 2.24) is 19.2 Å². The molecule has 0 unspecified atom stereocenters. The Morgan fingerprint density at radius 2 is 1.96 bits per heavy atom. The number of hydrogen-bond acceptors (Lipinski definition) is 6. The first-order valence-electron chi connectivity index (χ1n) is 8.48. The zero-order chi connectivity index (χ0) is 19.3. The molecule has 146 valence electrons. The van der Waals surface area contributed by atoms with Crippen LogP contribution in [0.2, 0.25) is 0 Å². The number of sulfonamides is 1. The van der Waals surface area contributed by atoms with Gasteiger partial charge < -0.3 is 19.4 Å². The molecule has 0 atom stereocenters. The van der Waals surface area contributed by atoms with Crippen molar-refractivity contribution in [2.75, 3.05) is 33.4 Å². The normalized spacial score (nSPS) is 15.4. The number of nitrogens with zero attached hydrogens (tertiary/aromatic N) is 3. The molecule has 1 aliphatic heterocycles. The molecule has 1 N–H and O–H groups in total. The van der Waals surface area contributed by atoms with Crippen LogP contribution in [0.1, 0.15) is 5.56 Å². The molecule has 0 bridgehead atoms. The summed E-state index contributed by atoms with van der Waals surface area (Å²) < 4.78 is 38.1. The molecule has 0 radical (unpaired) electrons. The molecule has 2 aromatic rings. The lowest BCUT2D eigenvalue weighted by atomic mass is 10.2. The van der Waals surface area contributed by atoms with Gasteiger partial charge in [-0.15, -0.1) is 0 Å². The molecule has 2 heterocycles. The Bertz CT molecular complexity index is 873. The fourth-order valence-corrected chi connectivity index (χ4v) is 3.99. The molecular formula is C17H22N4O5S. The zero-order valence-corrected chi connectivity index (χ0v) is 15.8. The molecule has 1 aliphatic rings. The van der Waals surface area contributed by atoms with Gasteiger partial charge in [0.1, 0.15) is 12.3 Å². The Morgan fingerprint density at radius 1 is 1.26 bits per heavy atom. The average molecular weight is 394 g/mol. The number of rotatable bonds is 7. The number of amides is 1. The van der Waals surface area contributed by atoms with Crippen LogP contribution < -0.4 is 10.1 Å². The summed E-state index contributed by atoms with van der Waals surface area (Å²) in [5, 5.41) is 2.73. The van der Waals surface area contributed by atoms with Crippen LogP contribution in [0, 0.1) is 0 Å². The molecule has 1 saturated heterocycles. The van der Waals surface area contributed by atoms with Crippen LogP contribution in [0.25, 0.3) is 0 Å². The average Bonchev–Trinajstić information content (AvgIpc) is 3.17. The molecule has 1 aromatic heterocycles. The largest absolute Gasteiger partial charge is 0.497 e. The maximum Gasteiger partial charge on any atom is 0.262 e. The van der Waals surface area contributed by atoms with Crippen LogP contribution in [0.4, 0.5) is 0 Å². The summed E-state index contributed by atoms with van der Waals surface area (Å²) in [4.78, 5) is 16.1. The Labute approximate surface area is 158 Å². The maximum absolute atomic E-state index is 12.5. The summed E-state index contributed by atoms with van der Waals surface area (Å²) >= 11 is 0. The van der Waals surface area contributed by atoms with E-state index in [1.54, 1.807) is 7.11 Å². The van der Waals surface area contributed by atoms with E-state index in [9.17, 15) is 13.2 Å². The summed E-state index contributed by atoms with van der Waals surface area (Å²) in [6.07, 6.45) is 2.72. The van der Waals surface area contributed by atoms with Gasteiger partial charge in [0, 0.05) is 25.8 Å². The first kappa shape index (κ1) is 19.3. The van der Waals surface area contributed by atoms with Crippen LogP contribution in [0.5, 0.6) is 5.75 Å². The second kappa shape index (κ2) is 8.51. The van der Waals surface area contributed by atoms with E-state index < -0.39 is 10.0 Å². The standard InChI is InChI=1S/C17H22N4O5S/c1-25-15-4-2-14(3-5-15)10-18-16(22)11-20-12-17(19-13-20)27(23,24)21-6-8-26-9-7-21/h2-5,12-13H,6-11H2,1H3,(H,18,22). The van der Waals surface area contributed by atoms with Crippen LogP contribution in [0.3, 0.4) is 0 Å². The van der Waals surface area contributed by atoms with E-state index in [4.69, 9.17) is 9.47 Å². The van der Waals surface area contributed by atoms with Gasteiger partial charge in [-0.3, -0.25) is 4.79 Å². The third-order valence-electron chi connectivity index (χ3n) is 4.16. The number of carbonyl (C=O) groups excluding carboxylic acids is 1. The molecule has 10 heteroatoms. The van der Waals surface area contributed by atoms with Gasteiger partial charge in [0.2, 0.25) is 5.91 Å². The Balaban J connectivity index is 1.55. The fraction of sp³-hybridized carbons (Fsp3) is 0.412. The minimum atomic E-state index is -3.66. The summed E-state index contributed by atoms with van der Waals surface area (Å²) in [5.41, 5.74) is 0.936. The molecule has 1 fully saturated rings. The lowest BCUT2D eigenvalue weighted by Gasteiger charge is -2.24. The van der Waals surface area contributed by atoms with Crippen LogP contribution in [-0.4, -0.2) is 61.6 Å². The van der Waals surface area contributed by atoms with E-state index in [1.807, 2.05) is 24.3 Å². The molecule has 27 heavy (non-hydrogen) atoms. The lowest BCUT2D eigenvalue weighted by Crippen LogP contribution is -2.40. The highest BCUT2D eigenvalue weighted by molar-refractivity contribution is 7.89. The number of imidazole rings is 1. The van der Waals surface area contributed by atoms with Crippen molar-refractivity contribution in [2.45, 2.75) is 18.1 Å². The summed E-state index contributed by atoms with van der Waals surface area (Å²) in [7, 11) is -2.07. The van der Waals surface area contributed by atoms with Crippen molar-refractivity contribution in [1.29, 1.82) is 0 Å². The minimum Gasteiger partial charge on any atom is -0.497 e. The van der Waals surface area contributed by atoms with E-state index in [2.05, 4.69) is 10.3 Å². The second-order valence-electron chi connectivity index (χ2n) is 6.03. The topological polar surface area (TPSA) is 103 Å². The van der Waals surface area contributed by atoms with Crippen molar-refractivity contribution in [3.8, 4) is 5.75 Å². The summed E-state index contributed by atoms with van der Waals surface area (Å²) in [6, 6.07) is 7.37. The Kier molecular flexibility index (Phi) is 6.09. The van der Waals surface area contributed by atoms with Gasteiger partial charge >= 0.3 is 0 Å². The number of hydrogen-bond donors (Lipinski definition) is 1. The molecule has 1 amide bonds. The lowest BCUT2D eigenvalue weighted by molar-refractivity contribution is -0.121. The maximum atomic E-state index is 12.5. The second-order valence-corrected chi connectivity index (χ2v) is 7.91. The smallest absolute Gasteiger partial charge is 0.262 e. The van der Waals surface area contributed by atoms with E-state index in [1.165, 1.54) is 21.4 Å². The highest BCUT2D eigenvalue weighted by Gasteiger charge is 2.28. The minimum absolute atomic E-state index is 0.0121. The molecule has 0 spiro atoms. The Hall–Kier alpha value is -2.43. The van der Waals surface area contributed by atoms with Crippen molar-refractivity contribution in [3.63, 3.8) is 0 Å². The van der Waals surface area contributed by atoms with Crippen molar-refractivity contribution in [3.05, 3.63) is 42.4 Å². The number of carbonyl (C=O) groups is 1. The highest BCUT2D eigenvalue weighted by Crippen LogP contribution is 2.15. The molecule has 1 aromatic carbocycles. The van der Waals surface area contributed by atoms with Gasteiger partial charge in [-0.1, -0.05) is 12.1 Å². The van der Waals surface area contributed by atoms with E-state index in [0.29, 0.717) is 32.8 Å². The van der Waals surface area contributed by atoms with Gasteiger partial charge in [-0.2, -0.15) is 4.31 Å². The number of nitrogens with one attached hydrogen (secondary N) is 1. The molecule has 9 nitrogen and oxygen atoms in total. The third kappa shape index (κ3) is 4.85. The number of morpholine rings is 1. The first-order valence-corrected chi connectivity index (χ1v) is 9.92. The highest BCUT2D eigenvalue weighted by atomic mass is 32.2. The van der Waals surface area contributed by atoms with Gasteiger partial charge in [-0.25, -0.2) is 13.4 Å². The van der Waals surface area contributed by atoms with Crippen LogP contribution in [0.15, 0.2) is 41.8 Å². The predicted octanol–water partition coefficient (Wildman–Crippen LogP) is 0.229. The van der Waals surface area contributed by atoms with E-state index in [0.717, 1.165) is 11.3 Å². The molecule has 0 saturated carbocycles. The molecule has 0 aliphatic carbocycles. The molecule has 3 rings (SSSR count). The predicted molar refractivity (Wildman–Crippen MR) is 96.6 cm³/mol.